The maximum Gasteiger partial charge on any atom is 0.327 e. The van der Waals surface area contributed by atoms with E-state index in [1.165, 1.54) is 43.0 Å². The van der Waals surface area contributed by atoms with Crippen LogP contribution in [0.4, 0.5) is 0 Å². The fourth-order valence-electron chi connectivity index (χ4n) is 11.9. The zero-order valence-corrected chi connectivity index (χ0v) is 66.8. The monoisotopic (exact) mass is 1590 g/mol. The van der Waals surface area contributed by atoms with Crippen molar-refractivity contribution < 1.29 is 87.2 Å². The number of amides is 14. The van der Waals surface area contributed by atoms with Gasteiger partial charge in [0, 0.05) is 24.5 Å². The Bertz CT molecular complexity index is 3210. The lowest BCUT2D eigenvalue weighted by molar-refractivity contribution is -0.143. The van der Waals surface area contributed by atoms with E-state index in [-0.39, 0.29) is 112 Å². The van der Waals surface area contributed by atoms with Gasteiger partial charge in [-0.05, 0) is 165 Å². The standard InChI is InChI=1S/C72H124N18O18S2/c1-37(2)30-45(76)60(95)79-46(18-11-14-26-73)62(97)86-53(35-109)68(103)84-52(34-56(77)93)66(101)80-47(19-12-15-27-74)61(96)83-50(32-39(5)6)67(102)88-57(40(7)8)71(106)90-29-17-21-55(90)69(104)85-49(31-38(3)4)64(99)78-41(9)59(94)82-51(33-43-22-24-44(92)25-23-43)65(100)81-48(20-13-16-28-75)63(98)89-58(42(10)91)70(105)87-54(36-110)72(107)108/h22-25,37-42,45-55,57-58,91-92,109-110H,11-21,26-36,73-76H2,1-10H3,(H2,77,93)(H,78,99)(H,79,95)(H,80,101)(H,81,100)(H,82,94)(H,83,96)(H,84,103)(H,85,104)(H,86,97)(H,87,105)(H,88,102)(H,89,98)(H,107,108)/t41-,42+,45-,46-,47-,48-,49-,50-,51-,52-,53-,54-,55-,57-,58-/m0/s1. The number of benzene rings is 1. The molecule has 38 heteroatoms. The number of thiol groups is 2. The number of hydrogen-bond donors (Lipinski definition) is 22. The van der Waals surface area contributed by atoms with Crippen LogP contribution in [-0.2, 0) is 78.3 Å². The molecule has 0 saturated carbocycles. The van der Waals surface area contributed by atoms with E-state index in [0.717, 1.165) is 0 Å². The molecule has 0 unspecified atom stereocenters. The first-order valence-electron chi connectivity index (χ1n) is 37.7. The zero-order valence-electron chi connectivity index (χ0n) is 65.0. The predicted molar refractivity (Wildman–Crippen MR) is 416 cm³/mol. The van der Waals surface area contributed by atoms with Crippen LogP contribution in [0.15, 0.2) is 24.3 Å². The van der Waals surface area contributed by atoms with Gasteiger partial charge in [0.25, 0.3) is 0 Å². The number of phenols is 1. The Hall–Kier alpha value is -8.43. The summed E-state index contributed by atoms with van der Waals surface area (Å²) in [6.45, 7) is 17.4. The van der Waals surface area contributed by atoms with Gasteiger partial charge in [0.2, 0.25) is 82.7 Å². The van der Waals surface area contributed by atoms with Crippen molar-refractivity contribution in [1.82, 2.24) is 68.7 Å². The number of aliphatic carboxylic acids is 1. The number of aliphatic hydroxyl groups excluding tert-OH is 1. The minimum Gasteiger partial charge on any atom is -0.508 e. The summed E-state index contributed by atoms with van der Waals surface area (Å²) in [6.07, 6.45) is 0.561. The van der Waals surface area contributed by atoms with Crippen molar-refractivity contribution in [3.8, 4) is 5.75 Å². The zero-order chi connectivity index (χ0) is 83.2. The molecule has 1 aliphatic rings. The number of nitrogens with one attached hydrogen (secondary N) is 12. The van der Waals surface area contributed by atoms with Gasteiger partial charge in [-0.15, -0.1) is 0 Å². The Labute approximate surface area is 655 Å². The smallest absolute Gasteiger partial charge is 0.327 e. The lowest BCUT2D eigenvalue weighted by Crippen LogP contribution is -2.61. The van der Waals surface area contributed by atoms with Crippen LogP contribution in [0.5, 0.6) is 5.75 Å². The number of carbonyl (C=O) groups excluding carboxylic acids is 14. The quantitative estimate of drug-likeness (QED) is 0.0222. The van der Waals surface area contributed by atoms with E-state index in [0.29, 0.717) is 50.6 Å². The molecule has 110 heavy (non-hydrogen) atoms. The van der Waals surface area contributed by atoms with Crippen molar-refractivity contribution in [2.24, 2.45) is 52.3 Å². The second-order valence-electron chi connectivity index (χ2n) is 29.5. The van der Waals surface area contributed by atoms with Gasteiger partial charge in [-0.2, -0.15) is 25.3 Å². The highest BCUT2D eigenvalue weighted by Crippen LogP contribution is 2.23. The molecular weight excluding hydrogens is 1470 g/mol. The van der Waals surface area contributed by atoms with Crippen molar-refractivity contribution in [3.05, 3.63) is 29.8 Å². The predicted octanol–water partition coefficient (Wildman–Crippen LogP) is -3.53. The molecule has 0 radical (unpaired) electrons. The molecule has 0 aliphatic carbocycles. The van der Waals surface area contributed by atoms with Crippen LogP contribution in [0.2, 0.25) is 0 Å². The van der Waals surface area contributed by atoms with Gasteiger partial charge in [0.15, 0.2) is 0 Å². The number of aromatic hydroxyl groups is 1. The molecule has 0 spiro atoms. The van der Waals surface area contributed by atoms with Crippen molar-refractivity contribution >= 4 is 114 Å². The Morgan fingerprint density at radius 1 is 0.464 bits per heavy atom. The summed E-state index contributed by atoms with van der Waals surface area (Å²) < 4.78 is 0. The van der Waals surface area contributed by atoms with Gasteiger partial charge in [0.05, 0.1) is 18.6 Å². The average Bonchev–Trinajstić information content (AvgIpc) is 1.61. The molecule has 622 valence electrons. The van der Waals surface area contributed by atoms with Crippen molar-refractivity contribution in [1.29, 1.82) is 0 Å². The van der Waals surface area contributed by atoms with E-state index in [4.69, 9.17) is 28.7 Å². The molecule has 0 bridgehead atoms. The fourth-order valence-corrected chi connectivity index (χ4v) is 12.4. The van der Waals surface area contributed by atoms with Crippen LogP contribution in [0, 0.1) is 23.7 Å². The molecule has 1 aliphatic heterocycles. The summed E-state index contributed by atoms with van der Waals surface area (Å²) in [6, 6.07) is -13.6. The highest BCUT2D eigenvalue weighted by atomic mass is 32.1. The lowest BCUT2D eigenvalue weighted by Gasteiger charge is -2.33. The molecule has 15 atom stereocenters. The Balaban J connectivity index is 2.42. The number of carboxylic acids is 1. The molecule has 25 N–H and O–H groups in total. The van der Waals surface area contributed by atoms with Crippen LogP contribution in [0.1, 0.15) is 171 Å². The molecule has 1 heterocycles. The second kappa shape index (κ2) is 50.5. The number of aliphatic hydroxyl groups is 1. The molecule has 0 aromatic heterocycles. The Morgan fingerprint density at radius 2 is 0.855 bits per heavy atom. The molecule has 1 saturated heterocycles. The SMILES string of the molecule is CC(C)C[C@H](NC(=O)[C@H](CCCCN)NC(=O)[C@H](CC(N)=O)NC(=O)[C@H](CS)NC(=O)[C@H](CCCCN)NC(=O)[C@@H](N)CC(C)C)C(=O)N[C@H](C(=O)N1CCC[C@H]1C(=O)N[C@@H](CC(C)C)C(=O)N[C@@H](C)C(=O)N[C@@H](Cc1ccc(O)cc1)C(=O)N[C@@H](CCCCN)C(=O)N[C@H](C(=O)N[C@@H](CS)C(=O)O)[C@@H](C)O)C(C)C. The third-order valence-electron chi connectivity index (χ3n) is 18.0. The van der Waals surface area contributed by atoms with E-state index in [2.05, 4.69) is 89.1 Å². The van der Waals surface area contributed by atoms with E-state index >= 15 is 0 Å². The molecule has 36 nitrogen and oxygen atoms in total. The summed E-state index contributed by atoms with van der Waals surface area (Å²) in [7, 11) is 0. The minimum absolute atomic E-state index is 0.00871. The largest absolute Gasteiger partial charge is 0.508 e. The molecule has 14 amide bonds. The third-order valence-corrected chi connectivity index (χ3v) is 18.8. The number of unbranched alkanes of at least 4 members (excludes halogenated alkanes) is 3. The average molecular weight is 1590 g/mol. The van der Waals surface area contributed by atoms with E-state index in [1.807, 2.05) is 13.8 Å². The van der Waals surface area contributed by atoms with Crippen LogP contribution in [0.25, 0.3) is 0 Å². The summed E-state index contributed by atoms with van der Waals surface area (Å²) >= 11 is 8.20. The lowest BCUT2D eigenvalue weighted by atomic mass is 9.98. The maximum absolute atomic E-state index is 14.8. The van der Waals surface area contributed by atoms with Crippen LogP contribution >= 0.6 is 25.3 Å². The first-order valence-corrected chi connectivity index (χ1v) is 39.0. The number of hydrogen-bond acceptors (Lipinski definition) is 23. The number of primary amides is 1. The van der Waals surface area contributed by atoms with E-state index < -0.39 is 192 Å². The first-order chi connectivity index (χ1) is 51.7. The van der Waals surface area contributed by atoms with E-state index in [9.17, 15) is 87.2 Å². The number of carboxylic acid groups (broad SMARTS) is 1. The van der Waals surface area contributed by atoms with Gasteiger partial charge < -0.3 is 113 Å². The summed E-state index contributed by atoms with van der Waals surface area (Å²) in [5.74, 6) is -15.4. The van der Waals surface area contributed by atoms with Crippen LogP contribution in [0.3, 0.4) is 0 Å². The highest BCUT2D eigenvalue weighted by molar-refractivity contribution is 7.80. The van der Waals surface area contributed by atoms with Gasteiger partial charge >= 0.3 is 5.97 Å². The van der Waals surface area contributed by atoms with Crippen LogP contribution in [-0.4, -0.2) is 237 Å². The minimum atomic E-state index is -1.72. The Morgan fingerprint density at radius 3 is 1.31 bits per heavy atom. The van der Waals surface area contributed by atoms with Crippen LogP contribution < -0.4 is 92.5 Å². The summed E-state index contributed by atoms with van der Waals surface area (Å²) in [4.78, 5) is 209. The first kappa shape index (κ1) is 97.6. The normalized spacial score (nSPS) is 16.6. The van der Waals surface area contributed by atoms with Gasteiger partial charge in [0.1, 0.15) is 84.3 Å². The summed E-state index contributed by atoms with van der Waals surface area (Å²) in [5, 5.41) is 60.9. The van der Waals surface area contributed by atoms with Gasteiger partial charge in [-0.3, -0.25) is 67.1 Å². The number of carbonyl (C=O) groups is 15. The Kier molecular flexibility index (Phi) is 44.8. The molecule has 1 aromatic rings. The third kappa shape index (κ3) is 34.9. The fraction of sp³-hybridized carbons (Fsp3) is 0.708. The molecule has 1 aromatic carbocycles. The number of nitrogens with zero attached hydrogens (tertiary/aromatic N) is 1. The second-order valence-corrected chi connectivity index (χ2v) is 30.3. The number of phenolic OH excluding ortho intramolecular Hbond substituents is 1. The molecule has 2 rings (SSSR count). The highest BCUT2D eigenvalue weighted by Gasteiger charge is 2.43. The number of nitrogens with two attached hydrogens (primary N) is 5. The van der Waals surface area contributed by atoms with E-state index in [1.54, 1.807) is 41.5 Å². The maximum atomic E-state index is 14.8. The number of rotatable bonds is 52. The van der Waals surface area contributed by atoms with Crippen molar-refractivity contribution in [2.75, 3.05) is 37.7 Å². The molecule has 1 fully saturated rings. The molecular formula is C72H124N18O18S2. The number of likely N-dealkylation sites (tertiary alicyclic amines) is 1. The topological polar surface area (TPSA) is 594 Å². The summed E-state index contributed by atoms with van der Waals surface area (Å²) in [5.41, 5.74) is 29.3. The van der Waals surface area contributed by atoms with Gasteiger partial charge in [-0.25, -0.2) is 4.79 Å². The van der Waals surface area contributed by atoms with Crippen molar-refractivity contribution in [2.45, 2.75) is 263 Å². The van der Waals surface area contributed by atoms with Gasteiger partial charge in [-0.1, -0.05) is 67.5 Å². The van der Waals surface area contributed by atoms with Crippen molar-refractivity contribution in [3.63, 3.8) is 0 Å².